The number of nitrogens with zero attached hydrogens (tertiary/aromatic N) is 2. The molecule has 0 spiro atoms. The number of methoxy groups -OCH3 is 1. The summed E-state index contributed by atoms with van der Waals surface area (Å²) in [4.78, 5) is 6.84. The second-order valence-electron chi connectivity index (χ2n) is 6.05. The summed E-state index contributed by atoms with van der Waals surface area (Å²) in [5.74, 6) is 0.858. The fourth-order valence-corrected chi connectivity index (χ4v) is 2.51. The predicted molar refractivity (Wildman–Crippen MR) is 101 cm³/mol. The maximum absolute atomic E-state index is 5.41. The molecule has 1 heterocycles. The van der Waals surface area contributed by atoms with Gasteiger partial charge in [-0.15, -0.1) is 24.0 Å². The van der Waals surface area contributed by atoms with E-state index in [4.69, 9.17) is 4.74 Å². The van der Waals surface area contributed by atoms with Gasteiger partial charge >= 0.3 is 0 Å². The summed E-state index contributed by atoms with van der Waals surface area (Å²) in [5, 5.41) is 6.77. The highest BCUT2D eigenvalue weighted by Gasteiger charge is 2.21. The Morgan fingerprint density at radius 3 is 2.62 bits per heavy atom. The summed E-state index contributed by atoms with van der Waals surface area (Å²) in [6.45, 7) is 10.4. The number of ether oxygens (including phenoxy) is 1. The topological polar surface area (TPSA) is 48.9 Å². The zero-order valence-corrected chi connectivity index (χ0v) is 16.6. The molecule has 126 valence electrons. The number of guanidine groups is 1. The first-order chi connectivity index (χ1) is 9.52. The lowest BCUT2D eigenvalue weighted by Crippen LogP contribution is -2.51. The summed E-state index contributed by atoms with van der Waals surface area (Å²) in [7, 11) is 3.55. The Kier molecular flexibility index (Phi) is 10.6. The lowest BCUT2D eigenvalue weighted by Gasteiger charge is -2.35. The van der Waals surface area contributed by atoms with Crippen LogP contribution in [0.15, 0.2) is 4.99 Å². The molecule has 0 aliphatic carbocycles. The van der Waals surface area contributed by atoms with Gasteiger partial charge in [0.2, 0.25) is 0 Å². The Hall–Kier alpha value is -0.0800. The molecule has 0 bridgehead atoms. The van der Waals surface area contributed by atoms with E-state index in [1.807, 2.05) is 7.05 Å². The van der Waals surface area contributed by atoms with Crippen LogP contribution in [0.5, 0.6) is 0 Å². The molecule has 0 amide bonds. The Morgan fingerprint density at radius 1 is 1.33 bits per heavy atom. The van der Waals surface area contributed by atoms with Crippen molar-refractivity contribution in [1.82, 2.24) is 15.5 Å². The Morgan fingerprint density at radius 2 is 2.05 bits per heavy atom. The number of hydrogen-bond donors (Lipinski definition) is 2. The number of hydrogen-bond acceptors (Lipinski definition) is 3. The van der Waals surface area contributed by atoms with Crippen molar-refractivity contribution < 1.29 is 4.74 Å². The van der Waals surface area contributed by atoms with E-state index in [2.05, 4.69) is 41.3 Å². The summed E-state index contributed by atoms with van der Waals surface area (Å²) < 4.78 is 5.41. The zero-order chi connectivity index (χ0) is 15.0. The monoisotopic (exact) mass is 412 g/mol. The molecule has 1 aliphatic rings. The average Bonchev–Trinajstić information content (AvgIpc) is 2.47. The van der Waals surface area contributed by atoms with Gasteiger partial charge in [-0.1, -0.05) is 13.3 Å². The molecule has 1 rings (SSSR count). The number of nitrogens with one attached hydrogen (secondary N) is 2. The van der Waals surface area contributed by atoms with Crippen molar-refractivity contribution in [1.29, 1.82) is 0 Å². The van der Waals surface area contributed by atoms with Crippen LogP contribution < -0.4 is 10.6 Å². The summed E-state index contributed by atoms with van der Waals surface area (Å²) in [6.07, 6.45) is 3.95. The van der Waals surface area contributed by atoms with Gasteiger partial charge in [-0.05, 0) is 39.8 Å². The number of likely N-dealkylation sites (tertiary alicyclic amines) is 1. The van der Waals surface area contributed by atoms with Crippen LogP contribution in [-0.2, 0) is 4.74 Å². The highest BCUT2D eigenvalue weighted by molar-refractivity contribution is 14.0. The van der Waals surface area contributed by atoms with Crippen molar-refractivity contribution in [3.63, 3.8) is 0 Å². The van der Waals surface area contributed by atoms with Gasteiger partial charge in [0, 0.05) is 33.3 Å². The Bertz CT molecular complexity index is 310. The smallest absolute Gasteiger partial charge is 0.191 e. The van der Waals surface area contributed by atoms with Gasteiger partial charge in [0.25, 0.3) is 0 Å². The molecule has 0 aromatic carbocycles. The maximum atomic E-state index is 5.41. The minimum atomic E-state index is -0.183. The normalized spacial score (nSPS) is 20.8. The molecule has 0 radical (unpaired) electrons. The SMILES string of the molecule is CCN1CCCCC1CNC(=NC)NCC(C)(C)OC.I. The first-order valence-electron chi connectivity index (χ1n) is 7.76. The van der Waals surface area contributed by atoms with Crippen molar-refractivity contribution in [2.45, 2.75) is 51.7 Å². The largest absolute Gasteiger partial charge is 0.377 e. The highest BCUT2D eigenvalue weighted by Crippen LogP contribution is 2.15. The molecule has 5 nitrogen and oxygen atoms in total. The van der Waals surface area contributed by atoms with Crippen molar-refractivity contribution in [3.8, 4) is 0 Å². The lowest BCUT2D eigenvalue weighted by atomic mass is 10.0. The summed E-state index contributed by atoms with van der Waals surface area (Å²) in [6, 6.07) is 0.628. The standard InChI is InChI=1S/C15H32N4O.HI/c1-6-19-10-8-7-9-13(19)11-17-14(16-4)18-12-15(2,3)20-5;/h13H,6-12H2,1-5H3,(H2,16,17,18);1H. The van der Waals surface area contributed by atoms with Crippen LogP contribution in [0.1, 0.15) is 40.0 Å². The van der Waals surface area contributed by atoms with Gasteiger partial charge in [-0.25, -0.2) is 0 Å². The van der Waals surface area contributed by atoms with E-state index in [0.717, 1.165) is 25.6 Å². The van der Waals surface area contributed by atoms with Crippen molar-refractivity contribution in [2.75, 3.05) is 40.3 Å². The van der Waals surface area contributed by atoms with E-state index in [1.54, 1.807) is 7.11 Å². The van der Waals surface area contributed by atoms with Gasteiger partial charge in [-0.2, -0.15) is 0 Å². The van der Waals surface area contributed by atoms with Crippen LogP contribution in [0.4, 0.5) is 0 Å². The number of likely N-dealkylation sites (N-methyl/N-ethyl adjacent to an activating group) is 1. The minimum absolute atomic E-state index is 0. The van der Waals surface area contributed by atoms with Crippen molar-refractivity contribution in [2.24, 2.45) is 4.99 Å². The second-order valence-corrected chi connectivity index (χ2v) is 6.05. The molecule has 1 saturated heterocycles. The maximum Gasteiger partial charge on any atom is 0.191 e. The fourth-order valence-electron chi connectivity index (χ4n) is 2.51. The van der Waals surface area contributed by atoms with E-state index in [1.165, 1.54) is 25.8 Å². The lowest BCUT2D eigenvalue weighted by molar-refractivity contribution is 0.0268. The quantitative estimate of drug-likeness (QED) is 0.399. The molecule has 0 aromatic rings. The third-order valence-corrected chi connectivity index (χ3v) is 4.12. The van der Waals surface area contributed by atoms with Gasteiger partial charge in [-0.3, -0.25) is 9.89 Å². The molecule has 1 aliphatic heterocycles. The van der Waals surface area contributed by atoms with Gasteiger partial charge < -0.3 is 15.4 Å². The number of halogens is 1. The van der Waals surface area contributed by atoms with E-state index in [-0.39, 0.29) is 29.6 Å². The minimum Gasteiger partial charge on any atom is -0.377 e. The first kappa shape index (κ1) is 20.9. The van der Waals surface area contributed by atoms with Crippen LogP contribution in [-0.4, -0.2) is 62.8 Å². The fraction of sp³-hybridized carbons (Fsp3) is 0.933. The predicted octanol–water partition coefficient (Wildman–Crippen LogP) is 2.07. The van der Waals surface area contributed by atoms with Gasteiger partial charge in [0.05, 0.1) is 5.60 Å². The Balaban J connectivity index is 0.00000400. The highest BCUT2D eigenvalue weighted by atomic mass is 127. The van der Waals surface area contributed by atoms with Crippen LogP contribution >= 0.6 is 24.0 Å². The van der Waals surface area contributed by atoms with Crippen molar-refractivity contribution in [3.05, 3.63) is 0 Å². The van der Waals surface area contributed by atoms with Crippen molar-refractivity contribution >= 4 is 29.9 Å². The Labute approximate surface area is 147 Å². The molecule has 1 atom stereocenters. The molecule has 0 aromatic heterocycles. The first-order valence-corrected chi connectivity index (χ1v) is 7.76. The van der Waals surface area contributed by atoms with Crippen LogP contribution in [0.25, 0.3) is 0 Å². The molecule has 0 saturated carbocycles. The number of aliphatic imine (C=N–C) groups is 1. The molecular formula is C15H33IN4O. The molecule has 21 heavy (non-hydrogen) atoms. The molecule has 1 fully saturated rings. The average molecular weight is 412 g/mol. The van der Waals surface area contributed by atoms with Gasteiger partial charge in [0.1, 0.15) is 0 Å². The number of piperidine rings is 1. The second kappa shape index (κ2) is 10.6. The summed E-state index contributed by atoms with van der Waals surface area (Å²) in [5.41, 5.74) is -0.183. The molecular weight excluding hydrogens is 379 g/mol. The third kappa shape index (κ3) is 7.65. The van der Waals surface area contributed by atoms with Crippen LogP contribution in [0.2, 0.25) is 0 Å². The third-order valence-electron chi connectivity index (χ3n) is 4.12. The molecule has 2 N–H and O–H groups in total. The van der Waals surface area contributed by atoms with E-state index in [0.29, 0.717) is 6.04 Å². The summed E-state index contributed by atoms with van der Waals surface area (Å²) >= 11 is 0. The van der Waals surface area contributed by atoms with Crippen LogP contribution in [0, 0.1) is 0 Å². The zero-order valence-electron chi connectivity index (χ0n) is 14.2. The van der Waals surface area contributed by atoms with Crippen LogP contribution in [0.3, 0.4) is 0 Å². The van der Waals surface area contributed by atoms with Gasteiger partial charge in [0.15, 0.2) is 5.96 Å². The van der Waals surface area contributed by atoms with E-state index in [9.17, 15) is 0 Å². The molecule has 1 unspecified atom stereocenters. The number of rotatable bonds is 6. The van der Waals surface area contributed by atoms with E-state index < -0.39 is 0 Å². The molecule has 6 heteroatoms. The van der Waals surface area contributed by atoms with E-state index >= 15 is 0 Å².